The molecule has 0 saturated carbocycles. The van der Waals surface area contributed by atoms with Crippen LogP contribution in [0.25, 0.3) is 0 Å². The van der Waals surface area contributed by atoms with Crippen molar-refractivity contribution < 1.29 is 37.1 Å². The number of benzene rings is 4. The average Bonchev–Trinajstić information content (AvgIpc) is 3.21. The third-order valence-corrected chi connectivity index (χ3v) is 10.6. The fourth-order valence-electron chi connectivity index (χ4n) is 5.92. The topological polar surface area (TPSA) is 172 Å². The summed E-state index contributed by atoms with van der Waals surface area (Å²) in [5.74, 6) is -1.59. The minimum Gasteiger partial charge on any atom is -0.491 e. The maximum atomic E-state index is 14.0. The highest BCUT2D eigenvalue weighted by atomic mass is 32.2. The van der Waals surface area contributed by atoms with Crippen LogP contribution in [0.4, 0.5) is 5.69 Å². The van der Waals surface area contributed by atoms with Crippen molar-refractivity contribution in [2.45, 2.75) is 64.4 Å². The number of carbonyl (C=O) groups is 4. The Morgan fingerprint density at radius 2 is 1.28 bits per heavy atom. The van der Waals surface area contributed by atoms with Gasteiger partial charge in [0.15, 0.2) is 0 Å². The summed E-state index contributed by atoms with van der Waals surface area (Å²) in [5, 5.41) is 11.6. The largest absolute Gasteiger partial charge is 0.491 e. The van der Waals surface area contributed by atoms with E-state index in [1.54, 1.807) is 12.1 Å². The SMILES string of the molecule is CO[C@H](CC[C@H](COc1ccccc1)NC(=O)c1cc(C(=O)N[C@H](C)c2ccccc2)cc(N(C)S(C)(=O)=O)c1)C(=O)N[C@H](C(=O)NCc1ccccc1)C(C)C. The fourth-order valence-corrected chi connectivity index (χ4v) is 6.40. The normalized spacial score (nSPS) is 13.4. The van der Waals surface area contributed by atoms with E-state index in [0.717, 1.165) is 21.7 Å². The van der Waals surface area contributed by atoms with Crippen molar-refractivity contribution in [1.29, 1.82) is 0 Å². The number of anilines is 1. The number of hydrogen-bond acceptors (Lipinski definition) is 8. The number of ether oxygens (including phenoxy) is 2. The number of sulfonamides is 1. The van der Waals surface area contributed by atoms with E-state index < -0.39 is 45.9 Å². The van der Waals surface area contributed by atoms with E-state index >= 15 is 0 Å². The molecule has 57 heavy (non-hydrogen) atoms. The van der Waals surface area contributed by atoms with Crippen molar-refractivity contribution in [2.24, 2.45) is 5.92 Å². The van der Waals surface area contributed by atoms with E-state index in [1.807, 2.05) is 99.6 Å². The van der Waals surface area contributed by atoms with Crippen molar-refractivity contribution in [2.75, 3.05) is 31.3 Å². The zero-order valence-corrected chi connectivity index (χ0v) is 34.0. The first-order chi connectivity index (χ1) is 27.2. The van der Waals surface area contributed by atoms with Gasteiger partial charge in [0, 0.05) is 31.8 Å². The molecule has 0 saturated heterocycles. The second-order valence-corrected chi connectivity index (χ2v) is 16.1. The predicted molar refractivity (Wildman–Crippen MR) is 220 cm³/mol. The van der Waals surface area contributed by atoms with E-state index in [9.17, 15) is 27.6 Å². The van der Waals surface area contributed by atoms with Gasteiger partial charge in [0.1, 0.15) is 24.5 Å². The first kappa shape index (κ1) is 44.0. The van der Waals surface area contributed by atoms with Crippen molar-refractivity contribution in [3.05, 3.63) is 131 Å². The van der Waals surface area contributed by atoms with Crippen LogP contribution < -0.4 is 30.3 Å². The number of carbonyl (C=O) groups excluding carboxylic acids is 4. The van der Waals surface area contributed by atoms with E-state index in [1.165, 1.54) is 32.4 Å². The van der Waals surface area contributed by atoms with Gasteiger partial charge in [-0.25, -0.2) is 8.42 Å². The van der Waals surface area contributed by atoms with Crippen LogP contribution in [0.1, 0.15) is 71.5 Å². The molecule has 13 nitrogen and oxygen atoms in total. The van der Waals surface area contributed by atoms with Gasteiger partial charge in [0.25, 0.3) is 11.8 Å². The zero-order chi connectivity index (χ0) is 41.5. The molecule has 0 bridgehead atoms. The van der Waals surface area contributed by atoms with Crippen molar-refractivity contribution in [3.8, 4) is 5.75 Å². The third kappa shape index (κ3) is 13.5. The number of hydrogen-bond donors (Lipinski definition) is 4. The van der Waals surface area contributed by atoms with Gasteiger partial charge in [-0.2, -0.15) is 0 Å². The average molecular weight is 800 g/mol. The Balaban J connectivity index is 1.53. The van der Waals surface area contributed by atoms with Gasteiger partial charge < -0.3 is 30.7 Å². The Kier molecular flexibility index (Phi) is 16.2. The van der Waals surface area contributed by atoms with Crippen LogP contribution in [-0.2, 0) is 30.9 Å². The highest BCUT2D eigenvalue weighted by molar-refractivity contribution is 7.92. The maximum Gasteiger partial charge on any atom is 0.251 e. The van der Waals surface area contributed by atoms with Gasteiger partial charge >= 0.3 is 0 Å². The van der Waals surface area contributed by atoms with Gasteiger partial charge in [-0.05, 0) is 67.1 Å². The molecule has 4 aromatic rings. The first-order valence-electron chi connectivity index (χ1n) is 18.7. The van der Waals surface area contributed by atoms with Crippen LogP contribution >= 0.6 is 0 Å². The fraction of sp³-hybridized carbons (Fsp3) is 0.349. The molecule has 4 amide bonds. The molecule has 0 aromatic heterocycles. The summed E-state index contributed by atoms with van der Waals surface area (Å²) in [6.45, 7) is 5.81. The molecule has 4 N–H and O–H groups in total. The lowest BCUT2D eigenvalue weighted by Gasteiger charge is -2.26. The minimum absolute atomic E-state index is 0.00911. The zero-order valence-electron chi connectivity index (χ0n) is 33.2. The molecule has 0 unspecified atom stereocenters. The monoisotopic (exact) mass is 799 g/mol. The molecule has 4 aromatic carbocycles. The molecule has 0 aliphatic carbocycles. The Hall–Kier alpha value is -5.73. The van der Waals surface area contributed by atoms with E-state index in [-0.39, 0.29) is 54.1 Å². The lowest BCUT2D eigenvalue weighted by molar-refractivity contribution is -0.136. The van der Waals surface area contributed by atoms with E-state index in [4.69, 9.17) is 9.47 Å². The van der Waals surface area contributed by atoms with Gasteiger partial charge in [-0.1, -0.05) is 92.7 Å². The second-order valence-electron chi connectivity index (χ2n) is 14.1. The molecule has 0 heterocycles. The molecule has 0 spiro atoms. The smallest absolute Gasteiger partial charge is 0.251 e. The number of rotatable bonds is 20. The molecule has 14 heteroatoms. The van der Waals surface area contributed by atoms with Crippen LogP contribution in [0, 0.1) is 5.92 Å². The quantitative estimate of drug-likeness (QED) is 0.0968. The Bertz CT molecular complexity index is 2050. The van der Waals surface area contributed by atoms with E-state index in [2.05, 4.69) is 21.3 Å². The van der Waals surface area contributed by atoms with Gasteiger partial charge in [0.2, 0.25) is 21.8 Å². The summed E-state index contributed by atoms with van der Waals surface area (Å²) in [5.41, 5.74) is 2.02. The summed E-state index contributed by atoms with van der Waals surface area (Å²) in [4.78, 5) is 54.2. The van der Waals surface area contributed by atoms with Crippen LogP contribution in [0.15, 0.2) is 109 Å². The molecule has 0 radical (unpaired) electrons. The Labute approximate surface area is 335 Å². The number of methoxy groups -OCH3 is 1. The summed E-state index contributed by atoms with van der Waals surface area (Å²) < 4.78 is 37.7. The maximum absolute atomic E-state index is 14.0. The Morgan fingerprint density at radius 3 is 1.84 bits per heavy atom. The number of para-hydroxylation sites is 1. The van der Waals surface area contributed by atoms with Gasteiger partial charge in [-0.3, -0.25) is 23.5 Å². The predicted octanol–water partition coefficient (Wildman–Crippen LogP) is 5.00. The lowest BCUT2D eigenvalue weighted by atomic mass is 10.0. The van der Waals surface area contributed by atoms with Crippen molar-refractivity contribution in [3.63, 3.8) is 0 Å². The minimum atomic E-state index is -3.76. The molecule has 0 aliphatic heterocycles. The third-order valence-electron chi connectivity index (χ3n) is 9.39. The second kappa shape index (κ2) is 21.0. The lowest BCUT2D eigenvalue weighted by Crippen LogP contribution is -2.52. The molecule has 0 aliphatic rings. The van der Waals surface area contributed by atoms with Crippen molar-refractivity contribution >= 4 is 39.3 Å². The molecular weight excluding hydrogens is 747 g/mol. The molecule has 4 atom stereocenters. The van der Waals surface area contributed by atoms with Gasteiger partial charge in [-0.15, -0.1) is 0 Å². The van der Waals surface area contributed by atoms with Crippen LogP contribution in [0.2, 0.25) is 0 Å². The Morgan fingerprint density at radius 1 is 0.719 bits per heavy atom. The van der Waals surface area contributed by atoms with Crippen LogP contribution in [0.5, 0.6) is 5.75 Å². The van der Waals surface area contributed by atoms with Crippen LogP contribution in [-0.4, -0.2) is 77.3 Å². The first-order valence-corrected chi connectivity index (χ1v) is 20.6. The number of amides is 4. The number of nitrogens with zero attached hydrogens (tertiary/aromatic N) is 1. The van der Waals surface area contributed by atoms with E-state index in [0.29, 0.717) is 12.3 Å². The summed E-state index contributed by atoms with van der Waals surface area (Å²) >= 11 is 0. The summed E-state index contributed by atoms with van der Waals surface area (Å²) in [7, 11) is -1.03. The van der Waals surface area contributed by atoms with Gasteiger partial charge in [0.05, 0.1) is 24.0 Å². The van der Waals surface area contributed by atoms with Crippen LogP contribution in [0.3, 0.4) is 0 Å². The summed E-state index contributed by atoms with van der Waals surface area (Å²) in [6.07, 6.45) is 0.403. The number of nitrogens with one attached hydrogen (secondary N) is 4. The highest BCUT2D eigenvalue weighted by Crippen LogP contribution is 2.23. The molecule has 304 valence electrons. The molecular formula is C43H53N5O8S. The van der Waals surface area contributed by atoms with Crippen molar-refractivity contribution in [1.82, 2.24) is 21.3 Å². The standard InChI is InChI=1S/C43H53N5O8S/c1-29(2)39(43(52)44-27-31-16-10-7-11-17-31)47-42(51)38(55-5)23-22-35(28-56-37-20-14-9-15-21-37)46-41(50)34-24-33(25-36(26-34)48(4)57(6,53)54)40(49)45-30(3)32-18-12-8-13-19-32/h7-21,24-26,29-30,35,38-39H,22-23,27-28H2,1-6H3,(H,44,52)(H,45,49)(H,46,50)(H,47,51)/t30-,35-,38-,39+/m1/s1. The highest BCUT2D eigenvalue weighted by Gasteiger charge is 2.29. The molecule has 4 rings (SSSR count). The summed E-state index contributed by atoms with van der Waals surface area (Å²) in [6, 6.07) is 30.1. The molecule has 0 fully saturated rings.